The topological polar surface area (TPSA) is 27.7 Å². The van der Waals surface area contributed by atoms with Crippen molar-refractivity contribution in [2.24, 2.45) is 0 Å². The Morgan fingerprint density at radius 1 is 0.633 bits per heavy atom. The molecule has 1 fully saturated rings. The van der Waals surface area contributed by atoms with Crippen molar-refractivity contribution in [2.75, 3.05) is 12.4 Å². The van der Waals surface area contributed by atoms with Crippen molar-refractivity contribution in [1.29, 1.82) is 0 Å². The zero-order valence-electron chi connectivity index (χ0n) is 17.1. The molecule has 3 aromatic rings. The maximum Gasteiger partial charge on any atom is 0.0990 e. The average molecular weight is 421 g/mol. The Balaban J connectivity index is 1.35. The van der Waals surface area contributed by atoms with Gasteiger partial charge in [0.1, 0.15) is 0 Å². The van der Waals surface area contributed by atoms with Gasteiger partial charge in [0.25, 0.3) is 0 Å². The molecule has 4 rings (SSSR count). The number of hydrogen-bond acceptors (Lipinski definition) is 4. The second-order valence-electron chi connectivity index (χ2n) is 7.47. The van der Waals surface area contributed by atoms with Gasteiger partial charge in [0.2, 0.25) is 0 Å². The third-order valence-electron chi connectivity index (χ3n) is 5.19. The first-order valence-corrected chi connectivity index (χ1v) is 11.5. The zero-order valence-corrected chi connectivity index (χ0v) is 17.9. The van der Waals surface area contributed by atoms with Crippen LogP contribution in [0.25, 0.3) is 0 Å². The van der Waals surface area contributed by atoms with E-state index in [1.165, 1.54) is 16.7 Å². The molecule has 0 amide bonds. The molecule has 0 bridgehead atoms. The highest BCUT2D eigenvalue weighted by atomic mass is 32.2. The lowest BCUT2D eigenvalue weighted by atomic mass is 10.1. The summed E-state index contributed by atoms with van der Waals surface area (Å²) in [6.45, 7) is 2.48. The number of rotatable bonds is 10. The molecule has 1 heterocycles. The molecule has 0 spiro atoms. The Bertz CT molecular complexity index is 857. The van der Waals surface area contributed by atoms with E-state index in [0.717, 1.165) is 5.75 Å². The Kier molecular flexibility index (Phi) is 7.98. The normalized spacial score (nSPS) is 21.0. The zero-order chi connectivity index (χ0) is 20.4. The Morgan fingerprint density at radius 3 is 1.70 bits per heavy atom. The van der Waals surface area contributed by atoms with Gasteiger partial charge in [0.15, 0.2) is 0 Å². The van der Waals surface area contributed by atoms with Crippen LogP contribution in [0.15, 0.2) is 91.0 Å². The van der Waals surface area contributed by atoms with E-state index in [1.54, 1.807) is 0 Å². The van der Waals surface area contributed by atoms with E-state index >= 15 is 0 Å². The van der Waals surface area contributed by atoms with Gasteiger partial charge < -0.3 is 14.2 Å². The first-order chi connectivity index (χ1) is 14.9. The molecule has 0 aromatic heterocycles. The maximum atomic E-state index is 6.38. The monoisotopic (exact) mass is 420 g/mol. The van der Waals surface area contributed by atoms with Crippen molar-refractivity contribution in [3.63, 3.8) is 0 Å². The SMILES string of the molecule is c1ccc(COCC2SC[C@H](OCc3ccccc3)[C@@H]2OCc2ccccc2)cc1. The van der Waals surface area contributed by atoms with E-state index in [2.05, 4.69) is 36.4 Å². The Morgan fingerprint density at radius 2 is 1.13 bits per heavy atom. The summed E-state index contributed by atoms with van der Waals surface area (Å²) >= 11 is 1.89. The summed E-state index contributed by atoms with van der Waals surface area (Å²) in [5.74, 6) is 0.922. The summed E-state index contributed by atoms with van der Waals surface area (Å²) in [6, 6.07) is 30.9. The van der Waals surface area contributed by atoms with Gasteiger partial charge >= 0.3 is 0 Å². The number of hydrogen-bond donors (Lipinski definition) is 0. The van der Waals surface area contributed by atoms with Crippen LogP contribution in [0.4, 0.5) is 0 Å². The van der Waals surface area contributed by atoms with Crippen LogP contribution in [-0.4, -0.2) is 29.8 Å². The van der Waals surface area contributed by atoms with Gasteiger partial charge in [-0.3, -0.25) is 0 Å². The minimum atomic E-state index is 0.00897. The van der Waals surface area contributed by atoms with Crippen LogP contribution in [0.5, 0.6) is 0 Å². The summed E-state index contributed by atoms with van der Waals surface area (Å²) in [5.41, 5.74) is 3.56. The highest BCUT2D eigenvalue weighted by molar-refractivity contribution is 8.00. The van der Waals surface area contributed by atoms with E-state index in [4.69, 9.17) is 14.2 Å². The van der Waals surface area contributed by atoms with Gasteiger partial charge in [0, 0.05) is 5.75 Å². The molecule has 3 atom stereocenters. The van der Waals surface area contributed by atoms with Crippen molar-refractivity contribution in [3.05, 3.63) is 108 Å². The summed E-state index contributed by atoms with van der Waals surface area (Å²) in [7, 11) is 0. The highest BCUT2D eigenvalue weighted by Crippen LogP contribution is 2.33. The molecule has 0 N–H and O–H groups in total. The molecule has 0 aliphatic carbocycles. The summed E-state index contributed by atoms with van der Waals surface area (Å²) in [6.07, 6.45) is 0.0685. The molecular formula is C26H28O3S. The maximum absolute atomic E-state index is 6.38. The number of thioether (sulfide) groups is 1. The van der Waals surface area contributed by atoms with Crippen molar-refractivity contribution >= 4 is 11.8 Å². The molecule has 30 heavy (non-hydrogen) atoms. The summed E-state index contributed by atoms with van der Waals surface area (Å²) < 4.78 is 18.7. The van der Waals surface area contributed by atoms with Crippen molar-refractivity contribution < 1.29 is 14.2 Å². The second-order valence-corrected chi connectivity index (χ2v) is 8.74. The van der Waals surface area contributed by atoms with Crippen molar-refractivity contribution in [1.82, 2.24) is 0 Å². The number of ether oxygens (including phenoxy) is 3. The van der Waals surface area contributed by atoms with Gasteiger partial charge in [0.05, 0.1) is 43.9 Å². The quantitative estimate of drug-likeness (QED) is 0.433. The molecule has 1 saturated heterocycles. The van der Waals surface area contributed by atoms with Crippen LogP contribution in [0.1, 0.15) is 16.7 Å². The molecule has 0 radical (unpaired) electrons. The Hall–Kier alpha value is -2.11. The lowest BCUT2D eigenvalue weighted by Gasteiger charge is -2.25. The lowest BCUT2D eigenvalue weighted by Crippen LogP contribution is -2.36. The van der Waals surface area contributed by atoms with Crippen LogP contribution in [0, 0.1) is 0 Å². The molecule has 1 aliphatic heterocycles. The molecular weight excluding hydrogens is 392 g/mol. The lowest BCUT2D eigenvalue weighted by molar-refractivity contribution is -0.0768. The van der Waals surface area contributed by atoms with Crippen LogP contribution in [-0.2, 0) is 34.0 Å². The van der Waals surface area contributed by atoms with Gasteiger partial charge in [-0.15, -0.1) is 0 Å². The molecule has 1 aliphatic rings. The fourth-order valence-corrected chi connectivity index (χ4v) is 4.92. The van der Waals surface area contributed by atoms with Gasteiger partial charge in [-0.1, -0.05) is 91.0 Å². The van der Waals surface area contributed by atoms with E-state index in [9.17, 15) is 0 Å². The fourth-order valence-electron chi connectivity index (χ4n) is 3.56. The van der Waals surface area contributed by atoms with Crippen LogP contribution in [0.3, 0.4) is 0 Å². The highest BCUT2D eigenvalue weighted by Gasteiger charge is 2.38. The van der Waals surface area contributed by atoms with E-state index in [0.29, 0.717) is 26.4 Å². The van der Waals surface area contributed by atoms with E-state index < -0.39 is 0 Å². The molecule has 3 nitrogen and oxygen atoms in total. The minimum Gasteiger partial charge on any atom is -0.376 e. The fraction of sp³-hybridized carbons (Fsp3) is 0.308. The number of benzene rings is 3. The third-order valence-corrected chi connectivity index (χ3v) is 6.55. The summed E-state index contributed by atoms with van der Waals surface area (Å²) in [5, 5.41) is 0.262. The van der Waals surface area contributed by atoms with Crippen molar-refractivity contribution in [2.45, 2.75) is 37.3 Å². The predicted octanol–water partition coefficient (Wildman–Crippen LogP) is 5.49. The molecule has 156 valence electrons. The predicted molar refractivity (Wildman–Crippen MR) is 122 cm³/mol. The summed E-state index contributed by atoms with van der Waals surface area (Å²) in [4.78, 5) is 0. The molecule has 0 saturated carbocycles. The smallest absolute Gasteiger partial charge is 0.0990 e. The van der Waals surface area contributed by atoms with Gasteiger partial charge in [-0.2, -0.15) is 11.8 Å². The van der Waals surface area contributed by atoms with E-state index in [1.807, 2.05) is 66.4 Å². The van der Waals surface area contributed by atoms with Crippen LogP contribution in [0.2, 0.25) is 0 Å². The van der Waals surface area contributed by atoms with E-state index in [-0.39, 0.29) is 17.5 Å². The molecule has 4 heteroatoms. The second kappa shape index (κ2) is 11.3. The Labute approximate surface area is 183 Å². The average Bonchev–Trinajstić information content (AvgIpc) is 3.20. The minimum absolute atomic E-state index is 0.00897. The first-order valence-electron chi connectivity index (χ1n) is 10.4. The largest absolute Gasteiger partial charge is 0.376 e. The van der Waals surface area contributed by atoms with Gasteiger partial charge in [-0.05, 0) is 16.7 Å². The van der Waals surface area contributed by atoms with Crippen LogP contribution < -0.4 is 0 Å². The third kappa shape index (κ3) is 6.19. The molecule has 1 unspecified atom stereocenters. The molecule has 3 aromatic carbocycles. The van der Waals surface area contributed by atoms with Crippen LogP contribution >= 0.6 is 11.8 Å². The van der Waals surface area contributed by atoms with Crippen molar-refractivity contribution in [3.8, 4) is 0 Å². The standard InChI is InChI=1S/C26H28O3S/c1-4-10-21(11-5-1)16-27-19-25-26(29-18-23-14-8-3-9-15-23)24(20-30-25)28-17-22-12-6-2-7-13-22/h1-15,24-26H,16-20H2/t24-,25?,26-/m0/s1. The first kappa shape index (κ1) is 21.1. The van der Waals surface area contributed by atoms with Gasteiger partial charge in [-0.25, -0.2) is 0 Å².